The Morgan fingerprint density at radius 1 is 0.984 bits per heavy atom. The van der Waals surface area contributed by atoms with Gasteiger partial charge < -0.3 is 19.7 Å². The molecule has 4 fully saturated rings. The van der Waals surface area contributed by atoms with Crippen molar-refractivity contribution in [3.63, 3.8) is 0 Å². The molecule has 6 heterocycles. The minimum Gasteiger partial charge on any atom is -0.440 e. The van der Waals surface area contributed by atoms with Crippen molar-refractivity contribution in [3.8, 4) is 0 Å². The number of carbonyl (C=O) groups excluding carboxylic acids is 3. The van der Waals surface area contributed by atoms with E-state index >= 15 is 8.78 Å². The lowest BCUT2D eigenvalue weighted by Gasteiger charge is -2.58. The van der Waals surface area contributed by atoms with Crippen LogP contribution in [0.3, 0.4) is 0 Å². The van der Waals surface area contributed by atoms with Gasteiger partial charge in [0, 0.05) is 50.7 Å². The van der Waals surface area contributed by atoms with Gasteiger partial charge in [0.25, 0.3) is 11.8 Å². The van der Waals surface area contributed by atoms with Gasteiger partial charge in [-0.2, -0.15) is 13.2 Å². The molecule has 1 spiro atoms. The lowest BCUT2D eigenvalue weighted by Crippen LogP contribution is -2.70. The number of likely N-dealkylation sites (tertiary alicyclic amines) is 1. The summed E-state index contributed by atoms with van der Waals surface area (Å²) in [7, 11) is 1.60. The van der Waals surface area contributed by atoms with Crippen molar-refractivity contribution >= 4 is 51.2 Å². The molecule has 1 saturated carbocycles. The first-order chi connectivity index (χ1) is 29.7. The number of para-hydroxylation sites is 1. The first-order valence-corrected chi connectivity index (χ1v) is 21.1. The molecule has 14 nitrogen and oxygen atoms in total. The number of aliphatic hydroxyl groups is 1. The Balaban J connectivity index is 0.826. The summed E-state index contributed by atoms with van der Waals surface area (Å²) in [5.41, 5.74) is -1.90. The minimum absolute atomic E-state index is 0.0523. The molecule has 3 saturated heterocycles. The van der Waals surface area contributed by atoms with E-state index in [-0.39, 0.29) is 61.5 Å². The molecule has 1 aliphatic carbocycles. The number of anilines is 2. The fraction of sp³-hybridized carbons (Fsp3) is 0.500. The highest BCUT2D eigenvalue weighted by molar-refractivity contribution is 6.04. The van der Waals surface area contributed by atoms with Crippen LogP contribution in [-0.2, 0) is 28.4 Å². The number of amides is 3. The number of nitrogens with zero attached hydrogens (tertiary/aromatic N) is 6. The largest absolute Gasteiger partial charge is 0.440 e. The highest BCUT2D eigenvalue weighted by Crippen LogP contribution is 2.52. The zero-order valence-electron chi connectivity index (χ0n) is 34.9. The van der Waals surface area contributed by atoms with Crippen molar-refractivity contribution in [3.05, 3.63) is 81.9 Å². The molecule has 5 aromatic rings. The molecule has 1 unspecified atom stereocenters. The average Bonchev–Trinajstić information content (AvgIpc) is 3.73. The number of aromatic nitrogens is 4. The lowest BCUT2D eigenvalue weighted by molar-refractivity contribution is -0.181. The van der Waals surface area contributed by atoms with Crippen LogP contribution >= 0.6 is 0 Å². The maximum Gasteiger partial charge on any atom is 0.433 e. The van der Waals surface area contributed by atoms with Crippen LogP contribution in [0, 0.1) is 11.3 Å². The zero-order valence-corrected chi connectivity index (χ0v) is 34.9. The summed E-state index contributed by atoms with van der Waals surface area (Å²) in [5, 5.41) is 15.9. The summed E-state index contributed by atoms with van der Waals surface area (Å²) in [6.07, 6.45) is -1.16. The lowest BCUT2D eigenvalue weighted by atomic mass is 9.68. The molecule has 0 bridgehead atoms. The second kappa shape index (κ2) is 15.2. The van der Waals surface area contributed by atoms with Crippen molar-refractivity contribution in [1.82, 2.24) is 29.3 Å². The van der Waals surface area contributed by atoms with Gasteiger partial charge in [-0.05, 0) is 95.2 Å². The van der Waals surface area contributed by atoms with Crippen molar-refractivity contribution in [2.24, 2.45) is 18.4 Å². The molecular weight excluding hydrogens is 832 g/mol. The van der Waals surface area contributed by atoms with Crippen molar-refractivity contribution in [2.45, 2.75) is 88.5 Å². The Kier molecular flexibility index (Phi) is 10.3. The number of halogens is 5. The second-order valence-electron chi connectivity index (χ2n) is 18.2. The third-order valence-corrected chi connectivity index (χ3v) is 13.5. The molecule has 0 radical (unpaired) electrons. The van der Waals surface area contributed by atoms with E-state index in [1.54, 1.807) is 25.2 Å². The number of carbonyl (C=O) groups is 3. The number of aryl methyl sites for hydroxylation is 1. The molecule has 3 N–H and O–H groups in total. The van der Waals surface area contributed by atoms with Crippen molar-refractivity contribution in [1.29, 1.82) is 0 Å². The molecule has 63 heavy (non-hydrogen) atoms. The van der Waals surface area contributed by atoms with Crippen LogP contribution in [0.5, 0.6) is 0 Å². The van der Waals surface area contributed by atoms with Crippen LogP contribution in [0.4, 0.5) is 33.3 Å². The SMILES string of the molecule is Cn1c(=O)n(C2CCC(=O)NC2=O)c2cccc(N3CC4(CCN(CC5CCC(c6nc7cc(C(C)(C)O)c(NC(=O)c8cccc(C(F)(F)F)n8)cc7o6)CC5)CC4(F)F)C3)c21. The second-order valence-corrected chi connectivity index (χ2v) is 18.2. The summed E-state index contributed by atoms with van der Waals surface area (Å²) in [4.78, 5) is 62.9. The van der Waals surface area contributed by atoms with E-state index in [2.05, 4.69) is 15.6 Å². The van der Waals surface area contributed by atoms with E-state index in [0.717, 1.165) is 31.0 Å². The number of hydrogen-bond acceptors (Lipinski definition) is 10. The van der Waals surface area contributed by atoms with Gasteiger partial charge >= 0.3 is 11.9 Å². The smallest absolute Gasteiger partial charge is 0.433 e. The molecule has 3 amide bonds. The molecule has 19 heteroatoms. The van der Waals surface area contributed by atoms with Crippen molar-refractivity contribution < 1.29 is 45.9 Å². The van der Waals surface area contributed by atoms with E-state index in [9.17, 15) is 37.5 Å². The van der Waals surface area contributed by atoms with Gasteiger partial charge in [-0.3, -0.25) is 33.7 Å². The fourth-order valence-electron chi connectivity index (χ4n) is 10.0. The molecule has 4 aliphatic rings. The number of oxazole rings is 1. The van der Waals surface area contributed by atoms with Gasteiger partial charge in [-0.1, -0.05) is 12.1 Å². The zero-order chi connectivity index (χ0) is 44.8. The van der Waals surface area contributed by atoms with Gasteiger partial charge in [0.15, 0.2) is 11.5 Å². The van der Waals surface area contributed by atoms with Gasteiger partial charge in [-0.15, -0.1) is 0 Å². The van der Waals surface area contributed by atoms with Crippen LogP contribution in [0.2, 0.25) is 0 Å². The number of alkyl halides is 5. The number of benzene rings is 2. The van der Waals surface area contributed by atoms with Crippen LogP contribution in [0.25, 0.3) is 22.1 Å². The number of pyridine rings is 1. The van der Waals surface area contributed by atoms with Gasteiger partial charge in [0.05, 0.1) is 40.0 Å². The maximum absolute atomic E-state index is 16.2. The molecule has 9 rings (SSSR count). The molecule has 3 aliphatic heterocycles. The number of imidazole rings is 1. The monoisotopic (exact) mass is 878 g/mol. The third-order valence-electron chi connectivity index (χ3n) is 13.5. The van der Waals surface area contributed by atoms with Crippen molar-refractivity contribution in [2.75, 3.05) is 42.9 Å². The van der Waals surface area contributed by atoms with E-state index in [1.165, 1.54) is 29.0 Å². The Labute approximate surface area is 357 Å². The number of piperidine rings is 2. The van der Waals surface area contributed by atoms with E-state index < -0.39 is 58.0 Å². The topological polar surface area (TPSA) is 168 Å². The molecule has 3 aromatic heterocycles. The van der Waals surface area contributed by atoms with Crippen LogP contribution in [0.15, 0.2) is 57.7 Å². The van der Waals surface area contributed by atoms with E-state index in [4.69, 9.17) is 9.40 Å². The van der Waals surface area contributed by atoms with Gasteiger partial charge in [0.2, 0.25) is 11.8 Å². The number of hydrogen-bond donors (Lipinski definition) is 3. The number of rotatable bonds is 8. The molecule has 1 atom stereocenters. The van der Waals surface area contributed by atoms with Crippen LogP contribution in [0.1, 0.15) is 98.4 Å². The quantitative estimate of drug-likeness (QED) is 0.116. The number of imide groups is 1. The average molecular weight is 879 g/mol. The highest BCUT2D eigenvalue weighted by Gasteiger charge is 2.63. The first-order valence-electron chi connectivity index (χ1n) is 21.1. The normalized spacial score (nSPS) is 23.0. The van der Waals surface area contributed by atoms with E-state index in [1.807, 2.05) is 15.9 Å². The number of fused-ring (bicyclic) bond motifs is 2. The van der Waals surface area contributed by atoms with Crippen LogP contribution < -0.4 is 21.2 Å². The Morgan fingerprint density at radius 2 is 1.71 bits per heavy atom. The maximum atomic E-state index is 16.2. The van der Waals surface area contributed by atoms with Gasteiger partial charge in [-0.25, -0.2) is 23.5 Å². The third kappa shape index (κ3) is 7.65. The fourth-order valence-corrected chi connectivity index (χ4v) is 10.0. The predicted molar refractivity (Wildman–Crippen MR) is 220 cm³/mol. The van der Waals surface area contributed by atoms with Crippen LogP contribution in [-0.4, -0.2) is 85.5 Å². The molecular formula is C44H47F5N8O6. The minimum atomic E-state index is -4.74. The summed E-state index contributed by atoms with van der Waals surface area (Å²) in [5.74, 6) is -4.18. The summed E-state index contributed by atoms with van der Waals surface area (Å²) in [6.45, 7) is 3.96. The first kappa shape index (κ1) is 42.6. The number of nitrogens with one attached hydrogen (secondary N) is 2. The molecule has 334 valence electrons. The standard InChI is InChI=1S/C44H47F5N8O6/c1-41(2,62)26-18-29-33(19-28(26)51-37(59)27-6-4-9-34(50-27)44(47,48)49)63-39(52-29)25-12-10-24(11-13-25)20-55-17-16-42(43(45,46)23-55)21-56(22-42)30-7-5-8-31-36(30)54(3)40(61)57(31)32-14-15-35(58)53-38(32)60/h4-9,18-19,24-25,32,62H,10-17,20-23H2,1-3H3,(H,51,59)(H,53,58,60). The highest BCUT2D eigenvalue weighted by atomic mass is 19.4. The summed E-state index contributed by atoms with van der Waals surface area (Å²) >= 11 is 0. The Hall–Kier alpha value is -5.69. The summed E-state index contributed by atoms with van der Waals surface area (Å²) in [6, 6.07) is 10.5. The van der Waals surface area contributed by atoms with E-state index in [0.29, 0.717) is 66.1 Å². The Morgan fingerprint density at radius 3 is 2.40 bits per heavy atom. The predicted octanol–water partition coefficient (Wildman–Crippen LogP) is 6.47. The Bertz CT molecular complexity index is 2700. The molecule has 2 aromatic carbocycles. The van der Waals surface area contributed by atoms with Gasteiger partial charge in [0.1, 0.15) is 22.9 Å². The summed E-state index contributed by atoms with van der Waals surface area (Å²) < 4.78 is 81.2.